The van der Waals surface area contributed by atoms with Crippen molar-refractivity contribution in [1.29, 1.82) is 0 Å². The summed E-state index contributed by atoms with van der Waals surface area (Å²) >= 11 is 0. The van der Waals surface area contributed by atoms with Crippen LogP contribution in [-0.4, -0.2) is 65.3 Å². The molecular weight excluding hydrogens is 408 g/mol. The standard InChI is InChI=1S/C24H32N4O4/c1-17(29)25-16-18-10-14-26(15-11-18)21(30)8-5-13-27-23(32)19-6-3-4-7-20(19)28-22(31)9-12-24(27,28)2/h3-4,6-7,18H,5,8-16H2,1-2H3,(H,25,29). The third kappa shape index (κ3) is 4.10. The molecule has 3 aliphatic rings. The molecule has 0 aliphatic carbocycles. The van der Waals surface area contributed by atoms with Crippen LogP contribution in [0.25, 0.3) is 0 Å². The van der Waals surface area contributed by atoms with Crippen molar-refractivity contribution in [2.24, 2.45) is 5.92 Å². The highest BCUT2D eigenvalue weighted by Gasteiger charge is 2.52. The Labute approximate surface area is 188 Å². The number of hydrogen-bond donors (Lipinski definition) is 1. The summed E-state index contributed by atoms with van der Waals surface area (Å²) in [6.07, 6.45) is 3.75. The molecule has 3 aliphatic heterocycles. The van der Waals surface area contributed by atoms with Crippen LogP contribution < -0.4 is 10.2 Å². The van der Waals surface area contributed by atoms with Gasteiger partial charge >= 0.3 is 0 Å². The number of fused-ring (bicyclic) bond motifs is 3. The first-order valence-electron chi connectivity index (χ1n) is 11.6. The number of carbonyl (C=O) groups is 4. The summed E-state index contributed by atoms with van der Waals surface area (Å²) in [5.74, 6) is 0.475. The maximum absolute atomic E-state index is 13.3. The SMILES string of the molecule is CC(=O)NCC1CCN(C(=O)CCCN2C(=O)c3ccccc3N3C(=O)CCC23C)CC1. The van der Waals surface area contributed by atoms with E-state index in [2.05, 4.69) is 5.32 Å². The lowest BCUT2D eigenvalue weighted by atomic mass is 9.96. The van der Waals surface area contributed by atoms with Crippen LogP contribution >= 0.6 is 0 Å². The third-order valence-electron chi connectivity index (χ3n) is 7.12. The Morgan fingerprint density at radius 1 is 1.16 bits per heavy atom. The molecule has 0 aromatic heterocycles. The van der Waals surface area contributed by atoms with Gasteiger partial charge in [-0.2, -0.15) is 0 Å². The minimum Gasteiger partial charge on any atom is -0.356 e. The molecule has 172 valence electrons. The monoisotopic (exact) mass is 440 g/mol. The van der Waals surface area contributed by atoms with E-state index >= 15 is 0 Å². The summed E-state index contributed by atoms with van der Waals surface area (Å²) in [5.41, 5.74) is 0.568. The molecule has 8 nitrogen and oxygen atoms in total. The zero-order valence-corrected chi connectivity index (χ0v) is 18.9. The molecule has 2 saturated heterocycles. The van der Waals surface area contributed by atoms with Crippen molar-refractivity contribution >= 4 is 29.3 Å². The number of benzene rings is 1. The lowest BCUT2D eigenvalue weighted by Gasteiger charge is -2.48. The number of para-hydroxylation sites is 1. The highest BCUT2D eigenvalue weighted by Crippen LogP contribution is 2.44. The third-order valence-corrected chi connectivity index (χ3v) is 7.12. The summed E-state index contributed by atoms with van der Waals surface area (Å²) in [4.78, 5) is 55.2. The first-order valence-corrected chi connectivity index (χ1v) is 11.6. The van der Waals surface area contributed by atoms with E-state index in [-0.39, 0.29) is 23.6 Å². The van der Waals surface area contributed by atoms with Gasteiger partial charge in [0, 0.05) is 45.9 Å². The predicted molar refractivity (Wildman–Crippen MR) is 120 cm³/mol. The molecule has 4 rings (SSSR count). The van der Waals surface area contributed by atoms with E-state index in [0.717, 1.165) is 12.8 Å². The van der Waals surface area contributed by atoms with E-state index in [1.165, 1.54) is 6.92 Å². The zero-order chi connectivity index (χ0) is 22.9. The topological polar surface area (TPSA) is 90.0 Å². The molecule has 2 fully saturated rings. The van der Waals surface area contributed by atoms with Crippen molar-refractivity contribution in [3.05, 3.63) is 29.8 Å². The number of anilines is 1. The Kier molecular flexibility index (Phi) is 6.22. The van der Waals surface area contributed by atoms with E-state index in [1.54, 1.807) is 15.9 Å². The normalized spacial score (nSPS) is 23.2. The van der Waals surface area contributed by atoms with Gasteiger partial charge in [-0.05, 0) is 50.7 Å². The summed E-state index contributed by atoms with van der Waals surface area (Å²) in [6.45, 7) is 6.00. The molecule has 8 heteroatoms. The van der Waals surface area contributed by atoms with Gasteiger partial charge in [0.2, 0.25) is 17.7 Å². The quantitative estimate of drug-likeness (QED) is 0.734. The lowest BCUT2D eigenvalue weighted by molar-refractivity contribution is -0.133. The molecule has 0 saturated carbocycles. The van der Waals surface area contributed by atoms with Crippen LogP contribution in [0.4, 0.5) is 5.69 Å². The van der Waals surface area contributed by atoms with Crippen LogP contribution in [0.15, 0.2) is 24.3 Å². The van der Waals surface area contributed by atoms with Crippen LogP contribution in [0.1, 0.15) is 62.7 Å². The van der Waals surface area contributed by atoms with Crippen LogP contribution in [-0.2, 0) is 14.4 Å². The average Bonchev–Trinajstić information content (AvgIpc) is 3.10. The van der Waals surface area contributed by atoms with Gasteiger partial charge in [0.15, 0.2) is 0 Å². The first-order chi connectivity index (χ1) is 15.3. The molecule has 1 atom stereocenters. The fourth-order valence-electron chi connectivity index (χ4n) is 5.26. The van der Waals surface area contributed by atoms with Gasteiger partial charge in [0.05, 0.1) is 11.3 Å². The minimum atomic E-state index is -0.673. The van der Waals surface area contributed by atoms with E-state index in [9.17, 15) is 19.2 Å². The van der Waals surface area contributed by atoms with E-state index < -0.39 is 5.66 Å². The van der Waals surface area contributed by atoms with Crippen LogP contribution in [0.3, 0.4) is 0 Å². The van der Waals surface area contributed by atoms with Crippen molar-refractivity contribution in [2.75, 3.05) is 31.1 Å². The predicted octanol–water partition coefficient (Wildman–Crippen LogP) is 2.14. The highest BCUT2D eigenvalue weighted by molar-refractivity contribution is 6.10. The van der Waals surface area contributed by atoms with Crippen LogP contribution in [0.2, 0.25) is 0 Å². The molecule has 3 heterocycles. The molecule has 0 spiro atoms. The Balaban J connectivity index is 1.34. The second-order valence-electron chi connectivity index (χ2n) is 9.28. The van der Waals surface area contributed by atoms with Crippen LogP contribution in [0, 0.1) is 5.92 Å². The molecule has 1 aromatic rings. The number of carbonyl (C=O) groups excluding carboxylic acids is 4. The van der Waals surface area contributed by atoms with Gasteiger partial charge in [0.25, 0.3) is 5.91 Å². The first kappa shape index (κ1) is 22.3. The number of piperidine rings is 1. The van der Waals surface area contributed by atoms with E-state index in [4.69, 9.17) is 0 Å². The Hall–Kier alpha value is -2.90. The summed E-state index contributed by atoms with van der Waals surface area (Å²) < 4.78 is 0. The Morgan fingerprint density at radius 2 is 1.88 bits per heavy atom. The van der Waals surface area contributed by atoms with Gasteiger partial charge in [-0.15, -0.1) is 0 Å². The summed E-state index contributed by atoms with van der Waals surface area (Å²) in [5, 5.41) is 2.86. The molecule has 32 heavy (non-hydrogen) atoms. The van der Waals surface area contributed by atoms with Crippen molar-refractivity contribution in [3.8, 4) is 0 Å². The largest absolute Gasteiger partial charge is 0.356 e. The number of rotatable bonds is 6. The smallest absolute Gasteiger partial charge is 0.257 e. The highest BCUT2D eigenvalue weighted by atomic mass is 16.2. The average molecular weight is 441 g/mol. The fraction of sp³-hybridized carbons (Fsp3) is 0.583. The molecule has 1 aromatic carbocycles. The summed E-state index contributed by atoms with van der Waals surface area (Å²) in [7, 11) is 0. The fourth-order valence-corrected chi connectivity index (χ4v) is 5.26. The number of amides is 4. The molecule has 0 radical (unpaired) electrons. The van der Waals surface area contributed by atoms with Gasteiger partial charge in [-0.3, -0.25) is 24.1 Å². The molecular formula is C24H32N4O4. The number of likely N-dealkylation sites (tertiary alicyclic amines) is 1. The van der Waals surface area contributed by atoms with Gasteiger partial charge in [-0.1, -0.05) is 12.1 Å². The van der Waals surface area contributed by atoms with Gasteiger partial charge in [-0.25, -0.2) is 0 Å². The molecule has 1 unspecified atom stereocenters. The molecule has 4 amide bonds. The molecule has 0 bridgehead atoms. The zero-order valence-electron chi connectivity index (χ0n) is 18.9. The van der Waals surface area contributed by atoms with E-state index in [1.807, 2.05) is 30.0 Å². The second kappa shape index (κ2) is 8.92. The lowest BCUT2D eigenvalue weighted by Crippen LogP contribution is -2.62. The second-order valence-corrected chi connectivity index (χ2v) is 9.28. The Morgan fingerprint density at radius 3 is 2.59 bits per heavy atom. The van der Waals surface area contributed by atoms with Crippen molar-refractivity contribution < 1.29 is 19.2 Å². The van der Waals surface area contributed by atoms with Crippen molar-refractivity contribution in [3.63, 3.8) is 0 Å². The van der Waals surface area contributed by atoms with E-state index in [0.29, 0.717) is 69.0 Å². The van der Waals surface area contributed by atoms with Crippen LogP contribution in [0.5, 0.6) is 0 Å². The summed E-state index contributed by atoms with van der Waals surface area (Å²) in [6, 6.07) is 7.28. The van der Waals surface area contributed by atoms with Crippen molar-refractivity contribution in [1.82, 2.24) is 15.1 Å². The number of nitrogens with zero attached hydrogens (tertiary/aromatic N) is 3. The maximum Gasteiger partial charge on any atom is 0.257 e. The molecule has 1 N–H and O–H groups in total. The van der Waals surface area contributed by atoms with Gasteiger partial charge < -0.3 is 15.1 Å². The minimum absolute atomic E-state index is 0.0189. The number of nitrogens with one attached hydrogen (secondary N) is 1. The number of hydrogen-bond acceptors (Lipinski definition) is 4. The van der Waals surface area contributed by atoms with Crippen molar-refractivity contribution in [2.45, 2.75) is 58.0 Å². The Bertz CT molecular complexity index is 924. The van der Waals surface area contributed by atoms with Gasteiger partial charge in [0.1, 0.15) is 5.66 Å². The maximum atomic E-state index is 13.3.